The van der Waals surface area contributed by atoms with E-state index in [-0.39, 0.29) is 11.4 Å². The lowest BCUT2D eigenvalue weighted by Gasteiger charge is -2.35. The summed E-state index contributed by atoms with van der Waals surface area (Å²) in [6, 6.07) is 16.0. The largest absolute Gasteiger partial charge is 0.367 e. The van der Waals surface area contributed by atoms with Crippen LogP contribution in [0.4, 0.5) is 17.1 Å². The lowest BCUT2D eigenvalue weighted by atomic mass is 10.1. The average Bonchev–Trinajstić information content (AvgIpc) is 2.98. The molecule has 0 unspecified atom stereocenters. The maximum absolute atomic E-state index is 13.2. The standard InChI is InChI=1S/C23H23ClN4O3S/c1-26-10-12-27(13-11-26)19-9-8-17(24)14-18(19)25-22(29)15-28-20-6-2-4-16-5-3-7-21(23(16)20)32(28,30)31/h2-9,14H,10-13,15H2,1H3,(H,25,29). The zero-order valence-corrected chi connectivity index (χ0v) is 19.2. The van der Waals surface area contributed by atoms with Crippen molar-refractivity contribution in [3.05, 3.63) is 59.6 Å². The van der Waals surface area contributed by atoms with Gasteiger partial charge in [0, 0.05) is 36.6 Å². The van der Waals surface area contributed by atoms with Crippen LogP contribution >= 0.6 is 11.6 Å². The van der Waals surface area contributed by atoms with Crippen LogP contribution in [-0.4, -0.2) is 59.0 Å². The topological polar surface area (TPSA) is 73.0 Å². The Hall–Kier alpha value is -2.81. The van der Waals surface area contributed by atoms with Crippen molar-refractivity contribution < 1.29 is 13.2 Å². The Bertz CT molecular complexity index is 1310. The van der Waals surface area contributed by atoms with Gasteiger partial charge in [-0.2, -0.15) is 0 Å². The van der Waals surface area contributed by atoms with E-state index in [0.717, 1.165) is 37.3 Å². The zero-order chi connectivity index (χ0) is 22.5. The van der Waals surface area contributed by atoms with Crippen molar-refractivity contribution >= 4 is 55.4 Å². The van der Waals surface area contributed by atoms with E-state index in [1.165, 1.54) is 4.31 Å². The van der Waals surface area contributed by atoms with Gasteiger partial charge in [0.1, 0.15) is 6.54 Å². The lowest BCUT2D eigenvalue weighted by Crippen LogP contribution is -2.44. The second kappa shape index (κ2) is 7.95. The number of hydrogen-bond acceptors (Lipinski definition) is 5. The third kappa shape index (κ3) is 3.58. The van der Waals surface area contributed by atoms with E-state index in [1.807, 2.05) is 18.2 Å². The van der Waals surface area contributed by atoms with Crippen LogP contribution in [0.2, 0.25) is 5.02 Å². The van der Waals surface area contributed by atoms with Crippen LogP contribution in [0.3, 0.4) is 0 Å². The number of nitrogens with zero attached hydrogens (tertiary/aromatic N) is 3. The molecule has 9 heteroatoms. The molecule has 1 saturated heterocycles. The average molecular weight is 471 g/mol. The number of carbonyl (C=O) groups excluding carboxylic acids is 1. The molecule has 32 heavy (non-hydrogen) atoms. The SMILES string of the molecule is CN1CCN(c2ccc(Cl)cc2NC(=O)CN2c3cccc4cccc(c34)S2(=O)=O)CC1. The molecular weight excluding hydrogens is 448 g/mol. The highest BCUT2D eigenvalue weighted by Gasteiger charge is 2.36. The molecule has 0 atom stereocenters. The first-order valence-corrected chi connectivity index (χ1v) is 12.2. The van der Waals surface area contributed by atoms with Gasteiger partial charge in [-0.3, -0.25) is 9.10 Å². The van der Waals surface area contributed by atoms with E-state index in [4.69, 9.17) is 11.6 Å². The zero-order valence-electron chi connectivity index (χ0n) is 17.6. The summed E-state index contributed by atoms with van der Waals surface area (Å²) in [5.41, 5.74) is 1.99. The first kappa shape index (κ1) is 21.1. The summed E-state index contributed by atoms with van der Waals surface area (Å²) in [7, 11) is -1.72. The summed E-state index contributed by atoms with van der Waals surface area (Å²) >= 11 is 6.21. The summed E-state index contributed by atoms with van der Waals surface area (Å²) in [4.78, 5) is 17.7. The van der Waals surface area contributed by atoms with Crippen molar-refractivity contribution in [2.45, 2.75) is 4.90 Å². The molecule has 3 aromatic carbocycles. The van der Waals surface area contributed by atoms with Crippen LogP contribution in [-0.2, 0) is 14.8 Å². The smallest absolute Gasteiger partial charge is 0.265 e. The molecule has 0 spiro atoms. The number of halogens is 1. The molecule has 3 aromatic rings. The summed E-state index contributed by atoms with van der Waals surface area (Å²) < 4.78 is 27.5. The molecule has 2 aliphatic heterocycles. The molecule has 0 aliphatic carbocycles. The van der Waals surface area contributed by atoms with Gasteiger partial charge in [-0.25, -0.2) is 8.42 Å². The van der Waals surface area contributed by atoms with Gasteiger partial charge in [0.2, 0.25) is 5.91 Å². The number of sulfonamides is 1. The number of rotatable bonds is 4. The Morgan fingerprint density at radius 1 is 1.00 bits per heavy atom. The van der Waals surface area contributed by atoms with Gasteiger partial charge in [0.05, 0.1) is 22.0 Å². The second-order valence-corrected chi connectivity index (χ2v) is 10.4. The fourth-order valence-corrected chi connectivity index (χ4v) is 6.22. The van der Waals surface area contributed by atoms with Gasteiger partial charge < -0.3 is 15.1 Å². The van der Waals surface area contributed by atoms with Gasteiger partial charge in [0.15, 0.2) is 0 Å². The van der Waals surface area contributed by atoms with Crippen molar-refractivity contribution in [1.29, 1.82) is 0 Å². The first-order valence-electron chi connectivity index (χ1n) is 10.4. The van der Waals surface area contributed by atoms with Gasteiger partial charge in [-0.1, -0.05) is 35.9 Å². The predicted molar refractivity (Wildman–Crippen MR) is 128 cm³/mol. The minimum absolute atomic E-state index is 0.235. The number of anilines is 3. The number of piperazine rings is 1. The van der Waals surface area contributed by atoms with Crippen LogP contribution < -0.4 is 14.5 Å². The van der Waals surface area contributed by atoms with Crippen LogP contribution in [0.25, 0.3) is 10.8 Å². The molecule has 0 saturated carbocycles. The van der Waals surface area contributed by atoms with E-state index in [1.54, 1.807) is 36.4 Å². The van der Waals surface area contributed by atoms with Crippen molar-refractivity contribution in [3.63, 3.8) is 0 Å². The second-order valence-electron chi connectivity index (χ2n) is 8.14. The Labute approximate surface area is 192 Å². The fourth-order valence-electron chi connectivity index (χ4n) is 4.38. The molecule has 166 valence electrons. The number of hydrogen-bond donors (Lipinski definition) is 1. The van der Waals surface area contributed by atoms with Crippen LogP contribution in [0.15, 0.2) is 59.5 Å². The molecule has 5 rings (SSSR count). The minimum Gasteiger partial charge on any atom is -0.367 e. The molecule has 2 aliphatic rings. The summed E-state index contributed by atoms with van der Waals surface area (Å²) in [5, 5.41) is 4.89. The minimum atomic E-state index is -3.80. The highest BCUT2D eigenvalue weighted by molar-refractivity contribution is 7.93. The Morgan fingerprint density at radius 3 is 2.47 bits per heavy atom. The van der Waals surface area contributed by atoms with Crippen molar-refractivity contribution in [2.75, 3.05) is 54.3 Å². The van der Waals surface area contributed by atoms with E-state index < -0.39 is 15.9 Å². The number of amides is 1. The Balaban J connectivity index is 1.42. The monoisotopic (exact) mass is 470 g/mol. The van der Waals surface area contributed by atoms with Crippen molar-refractivity contribution in [1.82, 2.24) is 4.90 Å². The number of benzene rings is 3. The van der Waals surface area contributed by atoms with E-state index in [9.17, 15) is 13.2 Å². The molecule has 0 radical (unpaired) electrons. The summed E-state index contributed by atoms with van der Waals surface area (Å²) in [5.74, 6) is -0.420. The maximum atomic E-state index is 13.2. The van der Waals surface area contributed by atoms with Gasteiger partial charge in [-0.15, -0.1) is 0 Å². The number of nitrogens with one attached hydrogen (secondary N) is 1. The molecular formula is C23H23ClN4O3S. The fraction of sp³-hybridized carbons (Fsp3) is 0.261. The highest BCUT2D eigenvalue weighted by Crippen LogP contribution is 2.41. The van der Waals surface area contributed by atoms with E-state index in [0.29, 0.717) is 21.8 Å². The third-order valence-corrected chi connectivity index (χ3v) is 8.08. The number of carbonyl (C=O) groups is 1. The first-order chi connectivity index (χ1) is 15.3. The normalized spacial score (nSPS) is 17.7. The summed E-state index contributed by atoms with van der Waals surface area (Å²) in [6.07, 6.45) is 0. The Morgan fingerprint density at radius 2 is 1.72 bits per heavy atom. The molecule has 0 aromatic heterocycles. The third-order valence-electron chi connectivity index (χ3n) is 6.05. The molecule has 2 heterocycles. The van der Waals surface area contributed by atoms with Crippen LogP contribution in [0, 0.1) is 0 Å². The van der Waals surface area contributed by atoms with Crippen molar-refractivity contribution in [3.8, 4) is 0 Å². The summed E-state index contributed by atoms with van der Waals surface area (Å²) in [6.45, 7) is 3.19. The lowest BCUT2D eigenvalue weighted by molar-refractivity contribution is -0.114. The quantitative estimate of drug-likeness (QED) is 0.632. The molecule has 0 bridgehead atoms. The van der Waals surface area contributed by atoms with Gasteiger partial charge >= 0.3 is 0 Å². The van der Waals surface area contributed by atoms with E-state index in [2.05, 4.69) is 22.2 Å². The maximum Gasteiger partial charge on any atom is 0.265 e. The molecule has 1 amide bonds. The molecule has 7 nitrogen and oxygen atoms in total. The number of likely N-dealkylation sites (N-methyl/N-ethyl adjacent to an activating group) is 1. The van der Waals surface area contributed by atoms with Crippen LogP contribution in [0.1, 0.15) is 0 Å². The molecule has 1 N–H and O–H groups in total. The van der Waals surface area contributed by atoms with Crippen LogP contribution in [0.5, 0.6) is 0 Å². The van der Waals surface area contributed by atoms with Gasteiger partial charge in [0.25, 0.3) is 10.0 Å². The molecule has 1 fully saturated rings. The van der Waals surface area contributed by atoms with Gasteiger partial charge in [-0.05, 0) is 42.8 Å². The predicted octanol–water partition coefficient (Wildman–Crippen LogP) is 3.39. The highest BCUT2D eigenvalue weighted by atomic mass is 35.5. The Kier molecular flexibility index (Phi) is 5.23. The van der Waals surface area contributed by atoms with Crippen molar-refractivity contribution in [2.24, 2.45) is 0 Å². The van der Waals surface area contributed by atoms with E-state index >= 15 is 0 Å².